The highest BCUT2D eigenvalue weighted by molar-refractivity contribution is 5.93. The predicted octanol–water partition coefficient (Wildman–Crippen LogP) is 2.01. The Bertz CT molecular complexity index is 864. The lowest BCUT2D eigenvalue weighted by molar-refractivity contribution is -0.152. The van der Waals surface area contributed by atoms with Crippen molar-refractivity contribution in [2.45, 2.75) is 58.8 Å². The lowest BCUT2D eigenvalue weighted by Gasteiger charge is -2.23. The van der Waals surface area contributed by atoms with Gasteiger partial charge in [-0.15, -0.1) is 0 Å². The zero-order valence-corrected chi connectivity index (χ0v) is 20.9. The number of nitrogens with one attached hydrogen (secondary N) is 2. The van der Waals surface area contributed by atoms with E-state index in [1.807, 2.05) is 63.3 Å². The van der Waals surface area contributed by atoms with E-state index in [-0.39, 0.29) is 12.5 Å². The Morgan fingerprint density at radius 2 is 1.65 bits per heavy atom. The first-order valence-electron chi connectivity index (χ1n) is 11.8. The van der Waals surface area contributed by atoms with Crippen molar-refractivity contribution in [3.8, 4) is 0 Å². The first kappa shape index (κ1) is 29.1. The normalized spacial score (nSPS) is 14.4. The Kier molecular flexibility index (Phi) is 12.8. The third kappa shape index (κ3) is 8.43. The van der Waals surface area contributed by atoms with Gasteiger partial charge in [0.1, 0.15) is 0 Å². The summed E-state index contributed by atoms with van der Waals surface area (Å²) in [6.45, 7) is 6.44. The van der Waals surface area contributed by atoms with Gasteiger partial charge in [-0.2, -0.15) is 0 Å². The maximum Gasteiger partial charge on any atom is 0.254 e. The third-order valence-corrected chi connectivity index (χ3v) is 5.36. The molecule has 0 spiro atoms. The number of likely N-dealkylation sites (N-methyl/N-ethyl adjacent to an activating group) is 1. The Labute approximate surface area is 202 Å². The molecule has 3 atom stereocenters. The van der Waals surface area contributed by atoms with Crippen LogP contribution < -0.4 is 10.6 Å². The van der Waals surface area contributed by atoms with Crippen LogP contribution in [0.5, 0.6) is 0 Å². The van der Waals surface area contributed by atoms with Gasteiger partial charge in [-0.05, 0) is 36.0 Å². The van der Waals surface area contributed by atoms with Crippen molar-refractivity contribution in [3.05, 3.63) is 53.6 Å². The average Bonchev–Trinajstić information content (AvgIpc) is 2.85. The number of amides is 3. The highest BCUT2D eigenvalue weighted by Gasteiger charge is 2.31. The van der Waals surface area contributed by atoms with Crippen LogP contribution in [0.15, 0.2) is 42.5 Å². The summed E-state index contributed by atoms with van der Waals surface area (Å²) in [6, 6.07) is 7.42. The number of hydrogen-bond acceptors (Lipinski definition) is 5. The molecule has 8 nitrogen and oxygen atoms in total. The molecule has 0 aliphatic heterocycles. The number of carbonyl (C=O) groups excluding carboxylic acids is 3. The zero-order chi connectivity index (χ0) is 25.7. The molecule has 34 heavy (non-hydrogen) atoms. The molecule has 0 aliphatic rings. The van der Waals surface area contributed by atoms with Crippen LogP contribution in [0.25, 0.3) is 5.57 Å². The minimum Gasteiger partial charge on any atom is -0.380 e. The smallest absolute Gasteiger partial charge is 0.254 e. The number of aliphatic hydroxyl groups excluding tert-OH is 2. The predicted molar refractivity (Wildman–Crippen MR) is 133 cm³/mol. The molecule has 8 heteroatoms. The summed E-state index contributed by atoms with van der Waals surface area (Å²) in [5, 5.41) is 25.4. The number of aliphatic hydroxyl groups is 2. The molecule has 0 aromatic heterocycles. The SMILES string of the molecule is CCC=CC(C(=O)NC)/C(=C\CC)c1ccc(CNC(=O)C(O)C(O)C(=O)N(C)CCC)cc1. The van der Waals surface area contributed by atoms with E-state index in [9.17, 15) is 24.6 Å². The molecule has 1 aromatic carbocycles. The maximum atomic E-state index is 12.5. The molecule has 0 fully saturated rings. The second-order valence-electron chi connectivity index (χ2n) is 8.06. The number of hydrogen-bond donors (Lipinski definition) is 4. The molecule has 0 saturated carbocycles. The van der Waals surface area contributed by atoms with E-state index < -0.39 is 29.9 Å². The van der Waals surface area contributed by atoms with Crippen LogP contribution in [-0.4, -0.2) is 65.7 Å². The summed E-state index contributed by atoms with van der Waals surface area (Å²) >= 11 is 0. The van der Waals surface area contributed by atoms with E-state index in [2.05, 4.69) is 10.6 Å². The fourth-order valence-electron chi connectivity index (χ4n) is 3.46. The molecule has 188 valence electrons. The van der Waals surface area contributed by atoms with Gasteiger partial charge in [0.2, 0.25) is 5.91 Å². The van der Waals surface area contributed by atoms with Gasteiger partial charge in [-0.1, -0.05) is 63.3 Å². The highest BCUT2D eigenvalue weighted by Crippen LogP contribution is 2.26. The molecule has 3 amide bonds. The fraction of sp³-hybridized carbons (Fsp3) is 0.500. The number of rotatable bonds is 13. The largest absolute Gasteiger partial charge is 0.380 e. The van der Waals surface area contributed by atoms with Crippen molar-refractivity contribution >= 4 is 23.3 Å². The molecule has 0 heterocycles. The zero-order valence-electron chi connectivity index (χ0n) is 20.9. The summed E-state index contributed by atoms with van der Waals surface area (Å²) in [6.07, 6.45) is 4.52. The van der Waals surface area contributed by atoms with Crippen molar-refractivity contribution in [3.63, 3.8) is 0 Å². The molecule has 4 N–H and O–H groups in total. The number of benzene rings is 1. The van der Waals surface area contributed by atoms with Crippen LogP contribution in [0, 0.1) is 5.92 Å². The van der Waals surface area contributed by atoms with E-state index in [0.717, 1.165) is 29.5 Å². The van der Waals surface area contributed by atoms with Crippen LogP contribution in [0.1, 0.15) is 51.2 Å². The van der Waals surface area contributed by atoms with Crippen LogP contribution >= 0.6 is 0 Å². The molecule has 0 saturated heterocycles. The molecule has 3 unspecified atom stereocenters. The summed E-state index contributed by atoms with van der Waals surface area (Å²) in [5.41, 5.74) is 2.56. The molecule has 0 bridgehead atoms. The highest BCUT2D eigenvalue weighted by atomic mass is 16.3. The van der Waals surface area contributed by atoms with E-state index in [1.165, 1.54) is 11.9 Å². The minimum atomic E-state index is -1.86. The summed E-state index contributed by atoms with van der Waals surface area (Å²) in [7, 11) is 3.13. The molecular weight excluding hydrogens is 434 g/mol. The van der Waals surface area contributed by atoms with Crippen molar-refractivity contribution < 1.29 is 24.6 Å². The van der Waals surface area contributed by atoms with Gasteiger partial charge >= 0.3 is 0 Å². The molecule has 0 aliphatic carbocycles. The number of allylic oxidation sites excluding steroid dienone is 2. The first-order chi connectivity index (χ1) is 16.2. The second kappa shape index (κ2) is 15.0. The van der Waals surface area contributed by atoms with Gasteiger partial charge in [-0.3, -0.25) is 14.4 Å². The van der Waals surface area contributed by atoms with E-state index in [4.69, 9.17) is 0 Å². The van der Waals surface area contributed by atoms with E-state index in [0.29, 0.717) is 13.0 Å². The summed E-state index contributed by atoms with van der Waals surface area (Å²) in [5.74, 6) is -2.03. The topological polar surface area (TPSA) is 119 Å². The van der Waals surface area contributed by atoms with Gasteiger partial charge in [0.05, 0.1) is 5.92 Å². The first-order valence-corrected chi connectivity index (χ1v) is 11.8. The van der Waals surface area contributed by atoms with Gasteiger partial charge in [0.25, 0.3) is 11.8 Å². The van der Waals surface area contributed by atoms with Crippen LogP contribution in [0.3, 0.4) is 0 Å². The van der Waals surface area contributed by atoms with Crippen molar-refractivity contribution in [2.24, 2.45) is 5.92 Å². The minimum absolute atomic E-state index is 0.0904. The number of carbonyl (C=O) groups is 3. The Morgan fingerprint density at radius 1 is 1.00 bits per heavy atom. The van der Waals surface area contributed by atoms with Crippen molar-refractivity contribution in [2.75, 3.05) is 20.6 Å². The quantitative estimate of drug-likeness (QED) is 0.327. The molecular formula is C26H39N3O5. The van der Waals surface area contributed by atoms with Gasteiger partial charge in [-0.25, -0.2) is 0 Å². The monoisotopic (exact) mass is 473 g/mol. The van der Waals surface area contributed by atoms with Crippen LogP contribution in [0.2, 0.25) is 0 Å². The lowest BCUT2D eigenvalue weighted by Crippen LogP contribution is -2.49. The Morgan fingerprint density at radius 3 is 2.18 bits per heavy atom. The van der Waals surface area contributed by atoms with Gasteiger partial charge in [0, 0.05) is 27.2 Å². The Balaban J connectivity index is 2.89. The van der Waals surface area contributed by atoms with Crippen LogP contribution in [0.4, 0.5) is 0 Å². The fourth-order valence-corrected chi connectivity index (χ4v) is 3.46. The van der Waals surface area contributed by atoms with E-state index >= 15 is 0 Å². The van der Waals surface area contributed by atoms with Crippen molar-refractivity contribution in [1.29, 1.82) is 0 Å². The lowest BCUT2D eigenvalue weighted by atomic mass is 9.89. The molecule has 1 aromatic rings. The summed E-state index contributed by atoms with van der Waals surface area (Å²) < 4.78 is 0. The number of nitrogens with zero attached hydrogens (tertiary/aromatic N) is 1. The summed E-state index contributed by atoms with van der Waals surface area (Å²) in [4.78, 5) is 38.1. The van der Waals surface area contributed by atoms with E-state index in [1.54, 1.807) is 7.05 Å². The standard InChI is InChI=1S/C26H39N3O5/c1-6-9-11-21(24(32)27-4)20(10-7-2)19-14-12-18(13-15-19)17-28-25(33)22(30)23(31)26(34)29(5)16-8-3/h9-15,21-23,30-31H,6-8,16-17H2,1-5H3,(H,27,32)(H,28,33)/b11-9?,20-10-. The molecule has 0 radical (unpaired) electrons. The Hall–Kier alpha value is -2.97. The second-order valence-corrected chi connectivity index (χ2v) is 8.06. The molecule has 1 rings (SSSR count). The van der Waals surface area contributed by atoms with Crippen LogP contribution in [-0.2, 0) is 20.9 Å². The van der Waals surface area contributed by atoms with Gasteiger partial charge in [0.15, 0.2) is 12.2 Å². The third-order valence-electron chi connectivity index (χ3n) is 5.36. The maximum absolute atomic E-state index is 12.5. The van der Waals surface area contributed by atoms with Crippen molar-refractivity contribution in [1.82, 2.24) is 15.5 Å². The average molecular weight is 474 g/mol. The van der Waals surface area contributed by atoms with Gasteiger partial charge < -0.3 is 25.7 Å².